The number of fused-ring (bicyclic) bond motifs is 2. The van der Waals surface area contributed by atoms with Gasteiger partial charge >= 0.3 is 0 Å². The van der Waals surface area contributed by atoms with Crippen LogP contribution in [0.2, 0.25) is 0 Å². The second-order valence-corrected chi connectivity index (χ2v) is 8.70. The lowest BCUT2D eigenvalue weighted by Crippen LogP contribution is -2.39. The van der Waals surface area contributed by atoms with Crippen molar-refractivity contribution < 1.29 is 28.6 Å². The number of nitrogens with one attached hydrogen (secondary N) is 1. The van der Waals surface area contributed by atoms with Gasteiger partial charge in [0.2, 0.25) is 11.7 Å². The standard InChI is InChI=1S/C24H29FN4O6/c1-3-16-12-34-13-17-22-27-20(21(31)24(33)29(16)22)23(32)26-11-14-7-8-15(25)10-18(14)35-9-5-4-6-19(30)28(17)2/h7-8,10,16-17,31H,3-6,9,11-13H2,1-2H3,(H,26,32)/t16-,17+/m0/s1. The second kappa shape index (κ2) is 10.4. The minimum Gasteiger partial charge on any atom is -0.501 e. The average Bonchev–Trinajstić information content (AvgIpc) is 3.03. The number of benzene rings is 1. The Balaban J connectivity index is 1.81. The van der Waals surface area contributed by atoms with E-state index in [1.807, 2.05) is 6.92 Å². The van der Waals surface area contributed by atoms with Crippen LogP contribution in [0.4, 0.5) is 4.39 Å². The molecule has 0 saturated carbocycles. The maximum absolute atomic E-state index is 13.8. The third kappa shape index (κ3) is 5.00. The van der Waals surface area contributed by atoms with Crippen LogP contribution in [0.15, 0.2) is 23.0 Å². The average molecular weight is 489 g/mol. The number of ether oxygens (including phenoxy) is 2. The zero-order chi connectivity index (χ0) is 25.1. The number of rotatable bonds is 1. The number of aromatic nitrogens is 2. The molecule has 0 aliphatic carbocycles. The normalized spacial score (nSPS) is 21.5. The van der Waals surface area contributed by atoms with Gasteiger partial charge in [0.05, 0.1) is 25.9 Å². The van der Waals surface area contributed by atoms with Gasteiger partial charge in [0.1, 0.15) is 23.4 Å². The van der Waals surface area contributed by atoms with E-state index in [1.54, 1.807) is 7.05 Å². The molecule has 4 rings (SSSR count). The van der Waals surface area contributed by atoms with Gasteiger partial charge in [-0.15, -0.1) is 0 Å². The predicted molar refractivity (Wildman–Crippen MR) is 123 cm³/mol. The van der Waals surface area contributed by atoms with Crippen LogP contribution >= 0.6 is 0 Å². The largest absolute Gasteiger partial charge is 0.501 e. The van der Waals surface area contributed by atoms with E-state index in [-0.39, 0.29) is 50.3 Å². The maximum Gasteiger partial charge on any atom is 0.296 e. The Bertz CT molecular complexity index is 1180. The fourth-order valence-corrected chi connectivity index (χ4v) is 4.32. The second-order valence-electron chi connectivity index (χ2n) is 8.70. The fourth-order valence-electron chi connectivity index (χ4n) is 4.32. The molecular formula is C24H29FN4O6. The summed E-state index contributed by atoms with van der Waals surface area (Å²) >= 11 is 0. The lowest BCUT2D eigenvalue weighted by molar-refractivity contribution is -0.133. The van der Waals surface area contributed by atoms with Gasteiger partial charge in [0.15, 0.2) is 5.69 Å². The van der Waals surface area contributed by atoms with Crippen LogP contribution in [0.1, 0.15) is 66.6 Å². The third-order valence-electron chi connectivity index (χ3n) is 6.43. The Labute approximate surface area is 201 Å². The van der Waals surface area contributed by atoms with Crippen LogP contribution in [-0.2, 0) is 16.1 Å². The fraction of sp³-hybridized carbons (Fsp3) is 0.500. The Morgan fingerprint density at radius 3 is 2.80 bits per heavy atom. The number of amides is 2. The number of aromatic hydroxyl groups is 1. The molecule has 3 heterocycles. The summed E-state index contributed by atoms with van der Waals surface area (Å²) in [5, 5.41) is 13.3. The summed E-state index contributed by atoms with van der Waals surface area (Å²) in [6.07, 6.45) is 1.85. The summed E-state index contributed by atoms with van der Waals surface area (Å²) in [5.41, 5.74) is -0.693. The molecule has 0 radical (unpaired) electrons. The van der Waals surface area contributed by atoms with E-state index < -0.39 is 40.8 Å². The van der Waals surface area contributed by atoms with Gasteiger partial charge in [0.25, 0.3) is 11.5 Å². The zero-order valence-corrected chi connectivity index (χ0v) is 19.8. The van der Waals surface area contributed by atoms with Gasteiger partial charge in [-0.2, -0.15) is 0 Å². The lowest BCUT2D eigenvalue weighted by Gasteiger charge is -2.28. The van der Waals surface area contributed by atoms with Crippen LogP contribution < -0.4 is 15.6 Å². The highest BCUT2D eigenvalue weighted by atomic mass is 19.1. The number of carbonyl (C=O) groups is 2. The van der Waals surface area contributed by atoms with E-state index in [1.165, 1.54) is 27.7 Å². The van der Waals surface area contributed by atoms with Crippen molar-refractivity contribution >= 4 is 11.8 Å². The number of nitrogens with zero attached hydrogens (tertiary/aromatic N) is 3. The van der Waals surface area contributed by atoms with Crippen LogP contribution in [0.25, 0.3) is 0 Å². The molecule has 35 heavy (non-hydrogen) atoms. The Morgan fingerprint density at radius 2 is 2.03 bits per heavy atom. The molecule has 2 bridgehead atoms. The highest BCUT2D eigenvalue weighted by Gasteiger charge is 2.34. The first kappa shape index (κ1) is 24.6. The van der Waals surface area contributed by atoms with Crippen LogP contribution in [0, 0.1) is 5.82 Å². The maximum atomic E-state index is 13.8. The van der Waals surface area contributed by atoms with E-state index in [0.29, 0.717) is 24.8 Å². The van der Waals surface area contributed by atoms with Crippen molar-refractivity contribution in [1.29, 1.82) is 0 Å². The highest BCUT2D eigenvalue weighted by Crippen LogP contribution is 2.29. The molecule has 11 heteroatoms. The molecule has 0 fully saturated rings. The van der Waals surface area contributed by atoms with E-state index >= 15 is 0 Å². The molecule has 0 saturated heterocycles. The Hall–Kier alpha value is -3.47. The molecule has 2 atom stereocenters. The van der Waals surface area contributed by atoms with Gasteiger partial charge in [-0.3, -0.25) is 19.0 Å². The molecule has 1 aromatic heterocycles. The first-order valence-electron chi connectivity index (χ1n) is 11.7. The zero-order valence-electron chi connectivity index (χ0n) is 19.8. The van der Waals surface area contributed by atoms with Crippen LogP contribution in [0.5, 0.6) is 11.5 Å². The van der Waals surface area contributed by atoms with E-state index in [9.17, 15) is 23.9 Å². The number of hydrogen-bond donors (Lipinski definition) is 2. The smallest absolute Gasteiger partial charge is 0.296 e. The third-order valence-corrected chi connectivity index (χ3v) is 6.43. The number of carbonyl (C=O) groups excluding carboxylic acids is 2. The SMILES string of the molecule is CC[C@H]1COC[C@@H]2c3nc(c(O)c(=O)n31)C(=O)NCc1ccc(F)cc1OCCCCC(=O)N2C. The van der Waals surface area contributed by atoms with Gasteiger partial charge < -0.3 is 24.8 Å². The van der Waals surface area contributed by atoms with Crippen molar-refractivity contribution in [2.75, 3.05) is 26.9 Å². The van der Waals surface area contributed by atoms with Gasteiger partial charge in [-0.05, 0) is 25.3 Å². The molecule has 0 unspecified atom stereocenters. The molecule has 1 aromatic carbocycles. The minimum absolute atomic E-state index is 0.0313. The van der Waals surface area contributed by atoms with Crippen LogP contribution in [-0.4, -0.2) is 58.2 Å². The molecule has 2 N–H and O–H groups in total. The summed E-state index contributed by atoms with van der Waals surface area (Å²) in [5.74, 6) is -1.78. The molecule has 2 aliphatic heterocycles. The van der Waals surface area contributed by atoms with E-state index in [2.05, 4.69) is 10.3 Å². The van der Waals surface area contributed by atoms with Crippen molar-refractivity contribution in [3.63, 3.8) is 0 Å². The molecule has 2 aromatic rings. The summed E-state index contributed by atoms with van der Waals surface area (Å²) in [6.45, 7) is 2.42. The van der Waals surface area contributed by atoms with Crippen molar-refractivity contribution in [3.8, 4) is 11.5 Å². The van der Waals surface area contributed by atoms with Gasteiger partial charge in [-0.25, -0.2) is 9.37 Å². The molecule has 2 aliphatic rings. The monoisotopic (exact) mass is 488 g/mol. The number of likely N-dealkylation sites (N-methyl/N-ethyl adjacent to an activating group) is 1. The molecular weight excluding hydrogens is 459 g/mol. The summed E-state index contributed by atoms with van der Waals surface area (Å²) in [7, 11) is 1.60. The van der Waals surface area contributed by atoms with Gasteiger partial charge in [-0.1, -0.05) is 13.0 Å². The molecule has 0 spiro atoms. The minimum atomic E-state index is -0.781. The van der Waals surface area contributed by atoms with E-state index in [0.717, 1.165) is 0 Å². The van der Waals surface area contributed by atoms with Crippen molar-refractivity contribution in [2.45, 2.75) is 51.2 Å². The van der Waals surface area contributed by atoms with E-state index in [4.69, 9.17) is 9.47 Å². The summed E-state index contributed by atoms with van der Waals surface area (Å²) in [6, 6.07) is 2.84. The summed E-state index contributed by atoms with van der Waals surface area (Å²) < 4.78 is 26.6. The van der Waals surface area contributed by atoms with Crippen LogP contribution in [0.3, 0.4) is 0 Å². The first-order valence-corrected chi connectivity index (χ1v) is 11.7. The molecule has 10 nitrogen and oxygen atoms in total. The topological polar surface area (TPSA) is 123 Å². The number of halogens is 1. The van der Waals surface area contributed by atoms with Crippen molar-refractivity contribution in [2.24, 2.45) is 0 Å². The lowest BCUT2D eigenvalue weighted by atomic mass is 10.1. The molecule has 188 valence electrons. The predicted octanol–water partition coefficient (Wildman–Crippen LogP) is 2.06. The Kier molecular flexibility index (Phi) is 7.34. The van der Waals surface area contributed by atoms with Crippen molar-refractivity contribution in [3.05, 3.63) is 51.5 Å². The quantitative estimate of drug-likeness (QED) is 0.630. The molecule has 2 amide bonds. The van der Waals surface area contributed by atoms with Crippen molar-refractivity contribution in [1.82, 2.24) is 19.8 Å². The first-order chi connectivity index (χ1) is 16.8. The Morgan fingerprint density at radius 1 is 1.23 bits per heavy atom. The summed E-state index contributed by atoms with van der Waals surface area (Å²) in [4.78, 5) is 45.1. The number of hydrogen-bond acceptors (Lipinski definition) is 7. The highest BCUT2D eigenvalue weighted by molar-refractivity contribution is 5.94. The van der Waals surface area contributed by atoms with Gasteiger partial charge in [0, 0.05) is 31.6 Å².